The van der Waals surface area contributed by atoms with Gasteiger partial charge in [0, 0.05) is 12.7 Å². The van der Waals surface area contributed by atoms with Crippen molar-refractivity contribution in [2.45, 2.75) is 32.4 Å². The summed E-state index contributed by atoms with van der Waals surface area (Å²) in [5.41, 5.74) is -0.857. The maximum Gasteiger partial charge on any atom is 0.433 e. The number of carbonyl (C=O) groups is 1. The maximum absolute atomic E-state index is 12.2. The molecular weight excluding hydrogens is 245 g/mol. The quantitative estimate of drug-likeness (QED) is 0.827. The topological polar surface area (TPSA) is 42.0 Å². The summed E-state index contributed by atoms with van der Waals surface area (Å²) in [5, 5.41) is 2.63. The van der Waals surface area contributed by atoms with E-state index in [-0.39, 0.29) is 5.56 Å². The molecular formula is C12H15F3N2O. The van der Waals surface area contributed by atoms with Crippen molar-refractivity contribution in [1.29, 1.82) is 0 Å². The Morgan fingerprint density at radius 3 is 2.56 bits per heavy atom. The first-order valence-corrected chi connectivity index (χ1v) is 5.76. The average molecular weight is 260 g/mol. The molecule has 0 aliphatic rings. The maximum atomic E-state index is 12.2. The van der Waals surface area contributed by atoms with Gasteiger partial charge in [0.15, 0.2) is 0 Å². The lowest BCUT2D eigenvalue weighted by atomic mass is 10.2. The molecule has 100 valence electrons. The molecule has 0 radical (unpaired) electrons. The molecule has 18 heavy (non-hydrogen) atoms. The summed E-state index contributed by atoms with van der Waals surface area (Å²) in [6, 6.07) is 1.94. The fourth-order valence-corrected chi connectivity index (χ4v) is 1.37. The van der Waals surface area contributed by atoms with Gasteiger partial charge in [-0.1, -0.05) is 19.8 Å². The molecule has 0 aromatic carbocycles. The van der Waals surface area contributed by atoms with Crippen LogP contribution in [0, 0.1) is 0 Å². The summed E-state index contributed by atoms with van der Waals surface area (Å²) >= 11 is 0. The monoisotopic (exact) mass is 260 g/mol. The molecule has 1 heterocycles. The van der Waals surface area contributed by atoms with Crippen LogP contribution in [0.5, 0.6) is 0 Å². The first-order valence-electron chi connectivity index (χ1n) is 5.76. The van der Waals surface area contributed by atoms with E-state index in [1.807, 2.05) is 6.92 Å². The molecule has 1 aromatic rings. The summed E-state index contributed by atoms with van der Waals surface area (Å²) < 4.78 is 36.7. The number of unbranched alkanes of at least 4 members (excludes halogenated alkanes) is 2. The van der Waals surface area contributed by atoms with Gasteiger partial charge < -0.3 is 5.32 Å². The van der Waals surface area contributed by atoms with Crippen LogP contribution < -0.4 is 5.32 Å². The lowest BCUT2D eigenvalue weighted by molar-refractivity contribution is -0.141. The number of nitrogens with one attached hydrogen (secondary N) is 1. The van der Waals surface area contributed by atoms with E-state index in [9.17, 15) is 18.0 Å². The summed E-state index contributed by atoms with van der Waals surface area (Å²) in [6.07, 6.45) is -0.631. The first kappa shape index (κ1) is 14.5. The Morgan fingerprint density at radius 1 is 1.33 bits per heavy atom. The van der Waals surface area contributed by atoms with Crippen molar-refractivity contribution in [1.82, 2.24) is 10.3 Å². The van der Waals surface area contributed by atoms with Gasteiger partial charge in [0.2, 0.25) is 0 Å². The molecule has 0 bridgehead atoms. The van der Waals surface area contributed by atoms with Gasteiger partial charge in [-0.25, -0.2) is 0 Å². The van der Waals surface area contributed by atoms with E-state index in [0.29, 0.717) is 6.54 Å². The highest BCUT2D eigenvalue weighted by Gasteiger charge is 2.32. The fourth-order valence-electron chi connectivity index (χ4n) is 1.37. The summed E-state index contributed by atoms with van der Waals surface area (Å²) in [4.78, 5) is 14.8. The van der Waals surface area contributed by atoms with Crippen molar-refractivity contribution in [3.63, 3.8) is 0 Å². The Morgan fingerprint density at radius 2 is 2.06 bits per heavy atom. The summed E-state index contributed by atoms with van der Waals surface area (Å²) in [6.45, 7) is 2.56. The van der Waals surface area contributed by atoms with E-state index in [2.05, 4.69) is 10.3 Å². The van der Waals surface area contributed by atoms with Gasteiger partial charge in [-0.3, -0.25) is 9.78 Å². The largest absolute Gasteiger partial charge is 0.433 e. The van der Waals surface area contributed by atoms with Crippen molar-refractivity contribution in [2.75, 3.05) is 6.54 Å². The molecule has 0 aliphatic carbocycles. The molecule has 6 heteroatoms. The number of alkyl halides is 3. The van der Waals surface area contributed by atoms with E-state index >= 15 is 0 Å². The number of hydrogen-bond acceptors (Lipinski definition) is 2. The zero-order chi connectivity index (χ0) is 13.6. The van der Waals surface area contributed by atoms with Gasteiger partial charge >= 0.3 is 6.18 Å². The molecule has 0 atom stereocenters. The normalized spacial score (nSPS) is 11.3. The van der Waals surface area contributed by atoms with E-state index in [4.69, 9.17) is 0 Å². The van der Waals surface area contributed by atoms with Crippen molar-refractivity contribution in [2.24, 2.45) is 0 Å². The number of rotatable bonds is 5. The molecule has 1 N–H and O–H groups in total. The van der Waals surface area contributed by atoms with Crippen LogP contribution in [0.2, 0.25) is 0 Å². The SMILES string of the molecule is CCCCCNC(=O)c1ccc(C(F)(F)F)nc1. The van der Waals surface area contributed by atoms with Crippen LogP contribution in [0.1, 0.15) is 42.2 Å². The third kappa shape index (κ3) is 4.35. The van der Waals surface area contributed by atoms with Crippen LogP contribution >= 0.6 is 0 Å². The van der Waals surface area contributed by atoms with Crippen LogP contribution in [0.3, 0.4) is 0 Å². The van der Waals surface area contributed by atoms with E-state index in [1.54, 1.807) is 0 Å². The molecule has 0 aliphatic heterocycles. The van der Waals surface area contributed by atoms with E-state index in [1.165, 1.54) is 0 Å². The molecule has 0 spiro atoms. The van der Waals surface area contributed by atoms with Crippen LogP contribution in [0.25, 0.3) is 0 Å². The second-order valence-electron chi connectivity index (χ2n) is 3.89. The zero-order valence-corrected chi connectivity index (χ0v) is 10.0. The Kier molecular flexibility index (Phi) is 5.12. The number of hydrogen-bond donors (Lipinski definition) is 1. The van der Waals surface area contributed by atoms with Crippen LogP contribution in [0.4, 0.5) is 13.2 Å². The zero-order valence-electron chi connectivity index (χ0n) is 10.0. The van der Waals surface area contributed by atoms with Gasteiger partial charge in [-0.2, -0.15) is 13.2 Å². The van der Waals surface area contributed by atoms with Gasteiger partial charge in [0.1, 0.15) is 5.69 Å². The van der Waals surface area contributed by atoms with E-state index in [0.717, 1.165) is 37.6 Å². The lowest BCUT2D eigenvalue weighted by Crippen LogP contribution is -2.24. The first-order chi connectivity index (χ1) is 8.45. The Balaban J connectivity index is 2.54. The van der Waals surface area contributed by atoms with Crippen molar-refractivity contribution in [3.05, 3.63) is 29.6 Å². The molecule has 3 nitrogen and oxygen atoms in total. The fraction of sp³-hybridized carbons (Fsp3) is 0.500. The lowest BCUT2D eigenvalue weighted by Gasteiger charge is -2.07. The molecule has 0 fully saturated rings. The smallest absolute Gasteiger partial charge is 0.352 e. The molecule has 0 saturated carbocycles. The third-order valence-electron chi connectivity index (χ3n) is 2.38. The molecule has 0 saturated heterocycles. The van der Waals surface area contributed by atoms with Crippen molar-refractivity contribution in [3.8, 4) is 0 Å². The minimum Gasteiger partial charge on any atom is -0.352 e. The minimum absolute atomic E-state index is 0.138. The number of aromatic nitrogens is 1. The molecule has 1 rings (SSSR count). The highest BCUT2D eigenvalue weighted by atomic mass is 19.4. The molecule has 1 aromatic heterocycles. The number of carbonyl (C=O) groups excluding carboxylic acids is 1. The highest BCUT2D eigenvalue weighted by molar-refractivity contribution is 5.93. The van der Waals surface area contributed by atoms with Crippen molar-refractivity contribution < 1.29 is 18.0 Å². The second kappa shape index (κ2) is 6.37. The van der Waals surface area contributed by atoms with Gasteiger partial charge in [0.05, 0.1) is 5.56 Å². The third-order valence-corrected chi connectivity index (χ3v) is 2.38. The number of amides is 1. The molecule has 1 amide bonds. The number of pyridine rings is 1. The highest BCUT2D eigenvalue weighted by Crippen LogP contribution is 2.27. The predicted octanol–water partition coefficient (Wildman–Crippen LogP) is 3.02. The Labute approximate surface area is 103 Å². The predicted molar refractivity (Wildman–Crippen MR) is 61.1 cm³/mol. The van der Waals surface area contributed by atoms with Gasteiger partial charge in [-0.15, -0.1) is 0 Å². The van der Waals surface area contributed by atoms with Crippen molar-refractivity contribution >= 4 is 5.91 Å². The van der Waals surface area contributed by atoms with Crippen LogP contribution in [0.15, 0.2) is 18.3 Å². The van der Waals surface area contributed by atoms with E-state index < -0.39 is 17.8 Å². The minimum atomic E-state index is -4.48. The second-order valence-corrected chi connectivity index (χ2v) is 3.89. The van der Waals surface area contributed by atoms with Crippen LogP contribution in [-0.2, 0) is 6.18 Å². The summed E-state index contributed by atoms with van der Waals surface area (Å²) in [7, 11) is 0. The Hall–Kier alpha value is -1.59. The van der Waals surface area contributed by atoms with Crippen LogP contribution in [-0.4, -0.2) is 17.4 Å². The van der Waals surface area contributed by atoms with Gasteiger partial charge in [0.25, 0.3) is 5.91 Å². The van der Waals surface area contributed by atoms with Gasteiger partial charge in [-0.05, 0) is 18.6 Å². The number of nitrogens with zero attached hydrogens (tertiary/aromatic N) is 1. The molecule has 0 unspecified atom stereocenters. The Bertz CT molecular complexity index is 387. The number of halogens is 3. The average Bonchev–Trinajstić information content (AvgIpc) is 2.33. The standard InChI is InChI=1S/C12H15F3N2O/c1-2-3-4-7-16-11(18)9-5-6-10(17-8-9)12(13,14)15/h5-6,8H,2-4,7H2,1H3,(H,16,18). The summed E-state index contributed by atoms with van der Waals surface area (Å²) in [5.74, 6) is -0.396.